The lowest BCUT2D eigenvalue weighted by Crippen LogP contribution is -2.37. The fourth-order valence-electron chi connectivity index (χ4n) is 3.54. The van der Waals surface area contributed by atoms with Gasteiger partial charge in [-0.1, -0.05) is 5.16 Å². The molecule has 0 aliphatic carbocycles. The van der Waals surface area contributed by atoms with Crippen LogP contribution in [0.2, 0.25) is 0 Å². The third kappa shape index (κ3) is 3.61. The Hall–Kier alpha value is -2.33. The minimum atomic E-state index is -0.0529. The number of tetrazole rings is 1. The highest BCUT2D eigenvalue weighted by atomic mass is 16.5. The molecule has 2 aliphatic rings. The van der Waals surface area contributed by atoms with Crippen molar-refractivity contribution in [1.82, 2.24) is 35.2 Å². The Kier molecular flexibility index (Phi) is 4.93. The van der Waals surface area contributed by atoms with E-state index in [1.54, 1.807) is 4.68 Å². The van der Waals surface area contributed by atoms with Gasteiger partial charge in [0.25, 0.3) is 0 Å². The van der Waals surface area contributed by atoms with Crippen molar-refractivity contribution >= 4 is 5.91 Å². The van der Waals surface area contributed by atoms with Crippen LogP contribution in [0.1, 0.15) is 36.2 Å². The number of likely N-dealkylation sites (tertiary alicyclic amines) is 1. The zero-order valence-corrected chi connectivity index (χ0v) is 14.9. The van der Waals surface area contributed by atoms with E-state index in [9.17, 15) is 4.79 Å². The van der Waals surface area contributed by atoms with Gasteiger partial charge in [-0.05, 0) is 30.2 Å². The Balaban J connectivity index is 1.42. The normalized spacial score (nSPS) is 21.4. The van der Waals surface area contributed by atoms with E-state index in [0.717, 1.165) is 37.4 Å². The highest BCUT2D eigenvalue weighted by Gasteiger charge is 2.33. The zero-order valence-electron chi connectivity index (χ0n) is 14.9. The van der Waals surface area contributed by atoms with Gasteiger partial charge >= 0.3 is 0 Å². The van der Waals surface area contributed by atoms with E-state index >= 15 is 0 Å². The molecule has 0 N–H and O–H groups in total. The van der Waals surface area contributed by atoms with Crippen LogP contribution in [0.5, 0.6) is 0 Å². The molecule has 2 saturated heterocycles. The molecule has 0 spiro atoms. The van der Waals surface area contributed by atoms with Gasteiger partial charge in [0.05, 0.1) is 31.5 Å². The molecule has 4 rings (SSSR count). The van der Waals surface area contributed by atoms with Crippen LogP contribution in [0, 0.1) is 6.92 Å². The first-order valence-electron chi connectivity index (χ1n) is 8.98. The van der Waals surface area contributed by atoms with Crippen molar-refractivity contribution in [1.29, 1.82) is 0 Å². The molecule has 0 bridgehead atoms. The van der Waals surface area contributed by atoms with Crippen LogP contribution in [0.15, 0.2) is 10.6 Å². The molecule has 1 amide bonds. The van der Waals surface area contributed by atoms with Gasteiger partial charge in [0.1, 0.15) is 6.54 Å². The van der Waals surface area contributed by atoms with Crippen molar-refractivity contribution < 1.29 is 14.1 Å². The molecule has 10 nitrogen and oxygen atoms in total. The summed E-state index contributed by atoms with van der Waals surface area (Å²) in [7, 11) is 0. The van der Waals surface area contributed by atoms with E-state index in [0.29, 0.717) is 32.1 Å². The van der Waals surface area contributed by atoms with Crippen LogP contribution >= 0.6 is 0 Å². The third-order valence-electron chi connectivity index (χ3n) is 4.91. The third-order valence-corrected chi connectivity index (χ3v) is 4.91. The summed E-state index contributed by atoms with van der Waals surface area (Å²) in [6.07, 6.45) is 1.84. The van der Waals surface area contributed by atoms with Crippen LogP contribution in [0.3, 0.4) is 0 Å². The molecular formula is C16H23N7O3. The summed E-state index contributed by atoms with van der Waals surface area (Å²) in [5.74, 6) is 1.45. The van der Waals surface area contributed by atoms with Crippen molar-refractivity contribution in [3.63, 3.8) is 0 Å². The van der Waals surface area contributed by atoms with Gasteiger partial charge in [-0.2, -0.15) is 0 Å². The number of hydrogen-bond donors (Lipinski definition) is 0. The maximum Gasteiger partial charge on any atom is 0.245 e. The second kappa shape index (κ2) is 7.50. The summed E-state index contributed by atoms with van der Waals surface area (Å²) in [5, 5.41) is 15.8. The fourth-order valence-corrected chi connectivity index (χ4v) is 3.54. The second-order valence-corrected chi connectivity index (χ2v) is 6.76. The summed E-state index contributed by atoms with van der Waals surface area (Å²) in [6.45, 7) is 6.47. The van der Waals surface area contributed by atoms with Gasteiger partial charge < -0.3 is 14.2 Å². The predicted octanol–water partition coefficient (Wildman–Crippen LogP) is 0.165. The minimum Gasteiger partial charge on any atom is -0.379 e. The predicted molar refractivity (Wildman–Crippen MR) is 88.8 cm³/mol. The first kappa shape index (κ1) is 17.1. The smallest absolute Gasteiger partial charge is 0.245 e. The molecule has 4 heterocycles. The zero-order chi connectivity index (χ0) is 17.9. The quantitative estimate of drug-likeness (QED) is 0.742. The second-order valence-electron chi connectivity index (χ2n) is 6.76. The molecule has 26 heavy (non-hydrogen) atoms. The van der Waals surface area contributed by atoms with Crippen molar-refractivity contribution in [3.05, 3.63) is 23.3 Å². The van der Waals surface area contributed by atoms with Gasteiger partial charge in [0.15, 0.2) is 11.6 Å². The van der Waals surface area contributed by atoms with E-state index in [1.165, 1.54) is 0 Å². The van der Waals surface area contributed by atoms with Crippen LogP contribution in [0.25, 0.3) is 0 Å². The van der Waals surface area contributed by atoms with E-state index in [4.69, 9.17) is 9.26 Å². The molecule has 0 saturated carbocycles. The Morgan fingerprint density at radius 3 is 2.92 bits per heavy atom. The molecule has 140 valence electrons. The van der Waals surface area contributed by atoms with Crippen molar-refractivity contribution in [3.8, 4) is 0 Å². The maximum atomic E-state index is 12.9. The van der Waals surface area contributed by atoms with Gasteiger partial charge in [-0.15, -0.1) is 5.10 Å². The van der Waals surface area contributed by atoms with E-state index < -0.39 is 0 Å². The van der Waals surface area contributed by atoms with Gasteiger partial charge in [0, 0.05) is 25.7 Å². The number of morpholine rings is 1. The van der Waals surface area contributed by atoms with Gasteiger partial charge in [0.2, 0.25) is 5.91 Å². The average Bonchev–Trinajstić information content (AvgIpc) is 3.37. The van der Waals surface area contributed by atoms with E-state index in [2.05, 4.69) is 25.6 Å². The van der Waals surface area contributed by atoms with Gasteiger partial charge in [-0.25, -0.2) is 4.68 Å². The first-order valence-corrected chi connectivity index (χ1v) is 8.98. The number of carbonyl (C=O) groups excluding carboxylic acids is 1. The summed E-state index contributed by atoms with van der Waals surface area (Å²) in [6, 6.07) is 1.85. The number of hydrogen-bond acceptors (Lipinski definition) is 8. The molecule has 0 radical (unpaired) electrons. The highest BCUT2D eigenvalue weighted by molar-refractivity contribution is 5.76. The van der Waals surface area contributed by atoms with Crippen LogP contribution in [-0.2, 0) is 22.6 Å². The summed E-state index contributed by atoms with van der Waals surface area (Å²) >= 11 is 0. The number of aryl methyl sites for hydroxylation is 1. The topological polar surface area (TPSA) is 102 Å². The number of nitrogens with zero attached hydrogens (tertiary/aromatic N) is 7. The van der Waals surface area contributed by atoms with Gasteiger partial charge in [-0.3, -0.25) is 9.69 Å². The fraction of sp³-hybridized carbons (Fsp3) is 0.688. The molecule has 1 atom stereocenters. The number of carbonyl (C=O) groups is 1. The number of ether oxygens (including phenoxy) is 1. The number of aromatic nitrogens is 5. The molecule has 0 aromatic carbocycles. The summed E-state index contributed by atoms with van der Waals surface area (Å²) < 4.78 is 12.3. The van der Waals surface area contributed by atoms with Crippen molar-refractivity contribution in [2.75, 3.05) is 32.8 Å². The van der Waals surface area contributed by atoms with Crippen LogP contribution in [0.4, 0.5) is 0 Å². The standard InChI is InChI=1S/C16H23N7O3/c1-12-9-14(26-18-12)13-3-2-4-22(13)16(24)11-23-15(17-19-20-23)10-21-5-7-25-8-6-21/h9,13H,2-8,10-11H2,1H3. The minimum absolute atomic E-state index is 0.00270. The van der Waals surface area contributed by atoms with E-state index in [1.807, 2.05) is 17.9 Å². The van der Waals surface area contributed by atoms with E-state index in [-0.39, 0.29) is 18.5 Å². The molecular weight excluding hydrogens is 338 g/mol. The molecule has 2 aliphatic heterocycles. The van der Waals surface area contributed by atoms with Crippen LogP contribution < -0.4 is 0 Å². The molecule has 2 aromatic rings. The lowest BCUT2D eigenvalue weighted by atomic mass is 10.1. The van der Waals surface area contributed by atoms with Crippen LogP contribution in [-0.4, -0.2) is 73.9 Å². The highest BCUT2D eigenvalue weighted by Crippen LogP contribution is 2.32. The first-order chi connectivity index (χ1) is 12.7. The molecule has 2 aromatic heterocycles. The molecule has 2 fully saturated rings. The Morgan fingerprint density at radius 1 is 1.31 bits per heavy atom. The SMILES string of the molecule is Cc1cc(C2CCCN2C(=O)Cn2nnnc2CN2CCOCC2)on1. The van der Waals surface area contributed by atoms with Crippen molar-refractivity contribution in [2.45, 2.75) is 38.9 Å². The number of amides is 1. The largest absolute Gasteiger partial charge is 0.379 e. The lowest BCUT2D eigenvalue weighted by Gasteiger charge is -2.26. The molecule has 10 heteroatoms. The maximum absolute atomic E-state index is 12.9. The summed E-state index contributed by atoms with van der Waals surface area (Å²) in [4.78, 5) is 16.9. The van der Waals surface area contributed by atoms with Crippen molar-refractivity contribution in [2.24, 2.45) is 0 Å². The Labute approximate surface area is 151 Å². The average molecular weight is 361 g/mol. The Bertz CT molecular complexity index is 753. The summed E-state index contributed by atoms with van der Waals surface area (Å²) in [5.41, 5.74) is 0.826. The monoisotopic (exact) mass is 361 g/mol. The lowest BCUT2D eigenvalue weighted by molar-refractivity contribution is -0.133. The molecule has 1 unspecified atom stereocenters. The number of rotatable bonds is 5. The Morgan fingerprint density at radius 2 is 2.15 bits per heavy atom.